The van der Waals surface area contributed by atoms with Gasteiger partial charge in [-0.1, -0.05) is 24.8 Å². The highest BCUT2D eigenvalue weighted by Crippen LogP contribution is 2.45. The molecule has 2 aromatic carbocycles. The summed E-state index contributed by atoms with van der Waals surface area (Å²) in [5, 5.41) is 3.98. The van der Waals surface area contributed by atoms with E-state index in [4.69, 9.17) is 9.47 Å². The minimum absolute atomic E-state index is 0.0878. The minimum atomic E-state index is -0.312. The predicted molar refractivity (Wildman–Crippen MR) is 130 cm³/mol. The fourth-order valence-electron chi connectivity index (χ4n) is 2.50. The van der Waals surface area contributed by atoms with E-state index in [2.05, 4.69) is 51.8 Å². The molecule has 0 unspecified atom stereocenters. The van der Waals surface area contributed by atoms with Gasteiger partial charge < -0.3 is 9.47 Å². The number of carbonyl (C=O) groups excluding carboxylic acids is 1. The van der Waals surface area contributed by atoms with Gasteiger partial charge in [0.2, 0.25) is 0 Å². The Morgan fingerprint density at radius 2 is 1.97 bits per heavy atom. The number of nitrogens with zero attached hydrogens (tertiary/aromatic N) is 1. The van der Waals surface area contributed by atoms with E-state index in [0.717, 1.165) is 14.9 Å². The number of hydrogen-bond acceptors (Lipinski definition) is 6. The van der Waals surface area contributed by atoms with Crippen LogP contribution in [-0.4, -0.2) is 36.8 Å². The molecule has 2 aromatic rings. The third-order valence-corrected chi connectivity index (χ3v) is 7.81. The molecule has 29 heavy (non-hydrogen) atoms. The molecule has 0 radical (unpaired) electrons. The molecule has 1 fully saturated rings. The maximum Gasteiger partial charge on any atom is 0.277 e. The summed E-state index contributed by atoms with van der Waals surface area (Å²) >= 11 is 6.12. The lowest BCUT2D eigenvalue weighted by molar-refractivity contribution is -0.123. The summed E-state index contributed by atoms with van der Waals surface area (Å²) in [4.78, 5) is 11.9. The SMILES string of the molecule is C=CCOc1ccc(/C=N\NC(=O)COc2ccc(C3SCCS3)cc2)cc1I. The number of thioether (sulfide) groups is 2. The molecule has 1 heterocycles. The fraction of sp³-hybridized carbons (Fsp3) is 0.238. The molecule has 3 rings (SSSR count). The molecule has 0 saturated carbocycles. The van der Waals surface area contributed by atoms with Crippen molar-refractivity contribution in [3.05, 3.63) is 69.8 Å². The van der Waals surface area contributed by atoms with E-state index < -0.39 is 0 Å². The van der Waals surface area contributed by atoms with Crippen molar-refractivity contribution in [3.63, 3.8) is 0 Å². The van der Waals surface area contributed by atoms with Crippen molar-refractivity contribution in [1.82, 2.24) is 5.43 Å². The predicted octanol–water partition coefficient (Wildman–Crippen LogP) is 4.86. The van der Waals surface area contributed by atoms with E-state index in [1.165, 1.54) is 17.1 Å². The summed E-state index contributed by atoms with van der Waals surface area (Å²) in [6.07, 6.45) is 3.29. The molecule has 1 aliphatic heterocycles. The Kier molecular flexibility index (Phi) is 8.75. The van der Waals surface area contributed by atoms with Crippen LogP contribution in [0.3, 0.4) is 0 Å². The Morgan fingerprint density at radius 1 is 1.21 bits per heavy atom. The van der Waals surface area contributed by atoms with Crippen molar-refractivity contribution in [2.24, 2.45) is 5.10 Å². The number of carbonyl (C=O) groups is 1. The summed E-state index contributed by atoms with van der Waals surface area (Å²) in [6.45, 7) is 4.00. The highest BCUT2D eigenvalue weighted by Gasteiger charge is 2.17. The van der Waals surface area contributed by atoms with Crippen molar-refractivity contribution in [3.8, 4) is 11.5 Å². The van der Waals surface area contributed by atoms with Crippen LogP contribution in [0.25, 0.3) is 0 Å². The average molecular weight is 540 g/mol. The van der Waals surface area contributed by atoms with E-state index in [9.17, 15) is 4.79 Å². The highest BCUT2D eigenvalue weighted by atomic mass is 127. The second-order valence-electron chi connectivity index (χ2n) is 6.01. The molecule has 0 spiro atoms. The van der Waals surface area contributed by atoms with Crippen molar-refractivity contribution in [2.45, 2.75) is 4.58 Å². The van der Waals surface area contributed by atoms with Gasteiger partial charge in [0.05, 0.1) is 14.4 Å². The number of benzene rings is 2. The van der Waals surface area contributed by atoms with Crippen LogP contribution in [0.5, 0.6) is 11.5 Å². The van der Waals surface area contributed by atoms with Gasteiger partial charge in [0.25, 0.3) is 5.91 Å². The number of rotatable bonds is 9. The van der Waals surface area contributed by atoms with Crippen molar-refractivity contribution in [1.29, 1.82) is 0 Å². The highest BCUT2D eigenvalue weighted by molar-refractivity contribution is 14.1. The molecule has 1 saturated heterocycles. The lowest BCUT2D eigenvalue weighted by Gasteiger charge is -2.10. The van der Waals surface area contributed by atoms with Crippen LogP contribution < -0.4 is 14.9 Å². The summed E-state index contributed by atoms with van der Waals surface area (Å²) in [7, 11) is 0. The van der Waals surface area contributed by atoms with Gasteiger partial charge in [0, 0.05) is 11.5 Å². The van der Waals surface area contributed by atoms with E-state index >= 15 is 0 Å². The summed E-state index contributed by atoms with van der Waals surface area (Å²) in [5.41, 5.74) is 4.63. The first-order chi connectivity index (χ1) is 14.2. The molecule has 1 amide bonds. The lowest BCUT2D eigenvalue weighted by atomic mass is 10.2. The zero-order chi connectivity index (χ0) is 20.5. The standard InChI is InChI=1S/C21H21IN2O3S2/c1-2-9-26-19-8-3-15(12-18(19)22)13-23-24-20(25)14-27-17-6-4-16(5-7-17)21-28-10-11-29-21/h2-8,12-13,21H,1,9-11,14H2,(H,24,25)/b23-13-. The Balaban J connectivity index is 1.43. The third kappa shape index (κ3) is 6.97. The molecule has 5 nitrogen and oxygen atoms in total. The summed E-state index contributed by atoms with van der Waals surface area (Å²) in [5.74, 6) is 3.54. The normalized spacial score (nSPS) is 14.1. The van der Waals surface area contributed by atoms with Crippen LogP contribution >= 0.6 is 46.1 Å². The topological polar surface area (TPSA) is 59.9 Å². The molecule has 0 aromatic heterocycles. The maximum absolute atomic E-state index is 11.9. The van der Waals surface area contributed by atoms with Crippen molar-refractivity contribution < 1.29 is 14.3 Å². The Hall–Kier alpha value is -1.65. The first-order valence-electron chi connectivity index (χ1n) is 8.97. The molecule has 0 atom stereocenters. The average Bonchev–Trinajstić information content (AvgIpc) is 3.27. The first-order valence-corrected chi connectivity index (χ1v) is 12.1. The zero-order valence-corrected chi connectivity index (χ0v) is 19.5. The van der Waals surface area contributed by atoms with E-state index in [-0.39, 0.29) is 12.5 Å². The number of amides is 1. The van der Waals surface area contributed by atoms with Crippen LogP contribution in [0.2, 0.25) is 0 Å². The monoisotopic (exact) mass is 540 g/mol. The van der Waals surface area contributed by atoms with E-state index in [1.807, 2.05) is 53.9 Å². The third-order valence-electron chi connectivity index (χ3n) is 3.86. The Morgan fingerprint density at radius 3 is 2.66 bits per heavy atom. The summed E-state index contributed by atoms with van der Waals surface area (Å²) < 4.78 is 12.5. The van der Waals surface area contributed by atoms with Crippen LogP contribution in [0, 0.1) is 3.57 Å². The fourth-order valence-corrected chi connectivity index (χ4v) is 6.05. The number of hydrogen-bond donors (Lipinski definition) is 1. The van der Waals surface area contributed by atoms with Gasteiger partial charge in [-0.25, -0.2) is 5.43 Å². The van der Waals surface area contributed by atoms with Gasteiger partial charge in [-0.3, -0.25) is 4.79 Å². The quantitative estimate of drug-likeness (QED) is 0.213. The first kappa shape index (κ1) is 22.0. The molecule has 0 bridgehead atoms. The number of halogens is 1. The van der Waals surface area contributed by atoms with Crippen LogP contribution in [0.4, 0.5) is 0 Å². The number of hydrazone groups is 1. The zero-order valence-electron chi connectivity index (χ0n) is 15.7. The molecule has 0 aliphatic carbocycles. The minimum Gasteiger partial charge on any atom is -0.488 e. The lowest BCUT2D eigenvalue weighted by Crippen LogP contribution is -2.24. The van der Waals surface area contributed by atoms with Gasteiger partial charge in [0.15, 0.2) is 6.61 Å². The van der Waals surface area contributed by atoms with Gasteiger partial charge in [-0.2, -0.15) is 5.10 Å². The molecule has 1 aliphatic rings. The number of ether oxygens (including phenoxy) is 2. The molecule has 1 N–H and O–H groups in total. The van der Waals surface area contributed by atoms with E-state index in [0.29, 0.717) is 16.9 Å². The summed E-state index contributed by atoms with van der Waals surface area (Å²) in [6, 6.07) is 13.6. The Bertz CT molecular complexity index is 869. The second-order valence-corrected chi connectivity index (χ2v) is 9.90. The van der Waals surface area contributed by atoms with Gasteiger partial charge in [-0.15, -0.1) is 23.5 Å². The van der Waals surface area contributed by atoms with Crippen LogP contribution in [-0.2, 0) is 4.79 Å². The molecule has 152 valence electrons. The van der Waals surface area contributed by atoms with Crippen molar-refractivity contribution >= 4 is 58.2 Å². The smallest absolute Gasteiger partial charge is 0.277 e. The number of nitrogens with one attached hydrogen (secondary N) is 1. The van der Waals surface area contributed by atoms with Gasteiger partial charge >= 0.3 is 0 Å². The van der Waals surface area contributed by atoms with Gasteiger partial charge in [0.1, 0.15) is 18.1 Å². The largest absolute Gasteiger partial charge is 0.488 e. The van der Waals surface area contributed by atoms with Crippen molar-refractivity contribution in [2.75, 3.05) is 24.7 Å². The molecule has 8 heteroatoms. The van der Waals surface area contributed by atoms with Crippen LogP contribution in [0.1, 0.15) is 15.7 Å². The second kappa shape index (κ2) is 11.5. The Labute approximate surface area is 192 Å². The van der Waals surface area contributed by atoms with Gasteiger partial charge in [-0.05, 0) is 64.0 Å². The molecular weight excluding hydrogens is 519 g/mol. The maximum atomic E-state index is 11.9. The van der Waals surface area contributed by atoms with E-state index in [1.54, 1.807) is 12.3 Å². The molecular formula is C21H21IN2O3S2. The van der Waals surface area contributed by atoms with Crippen LogP contribution in [0.15, 0.2) is 60.2 Å².